The summed E-state index contributed by atoms with van der Waals surface area (Å²) in [7, 11) is -3.63. The molecular formula is C35H53N5O7S. The molecule has 1 aromatic carbocycles. The van der Waals surface area contributed by atoms with Crippen molar-refractivity contribution in [1.29, 1.82) is 0 Å². The summed E-state index contributed by atoms with van der Waals surface area (Å²) in [5.74, 6) is -1.63. The molecule has 2 aliphatic heterocycles. The van der Waals surface area contributed by atoms with Gasteiger partial charge in [0.15, 0.2) is 0 Å². The Morgan fingerprint density at radius 1 is 0.958 bits per heavy atom. The van der Waals surface area contributed by atoms with E-state index in [1.165, 1.54) is 30.9 Å². The Bertz CT molecular complexity index is 1570. The minimum absolute atomic E-state index is 0.0188. The first-order valence-electron chi connectivity index (χ1n) is 17.3. The third-order valence-electron chi connectivity index (χ3n) is 9.25. The molecular weight excluding hydrogens is 634 g/mol. The Kier molecular flexibility index (Phi) is 14.2. The summed E-state index contributed by atoms with van der Waals surface area (Å²) < 4.78 is 26.0. The van der Waals surface area contributed by atoms with Crippen molar-refractivity contribution in [2.45, 2.75) is 123 Å². The van der Waals surface area contributed by atoms with E-state index < -0.39 is 51.9 Å². The number of rotatable bonds is 10. The molecule has 0 aliphatic carbocycles. The number of piperidine rings is 1. The molecule has 2 saturated heterocycles. The number of nitrogens with zero attached hydrogens (tertiary/aromatic N) is 2. The summed E-state index contributed by atoms with van der Waals surface area (Å²) in [4.78, 5) is 66.0. The van der Waals surface area contributed by atoms with Gasteiger partial charge in [0, 0.05) is 37.4 Å². The monoisotopic (exact) mass is 687 g/mol. The molecule has 2 unspecified atom stereocenters. The van der Waals surface area contributed by atoms with E-state index in [1.54, 1.807) is 24.3 Å². The van der Waals surface area contributed by atoms with Crippen molar-refractivity contribution < 1.29 is 32.4 Å². The number of fused-ring (bicyclic) bond motifs is 2. The third kappa shape index (κ3) is 9.90. The van der Waals surface area contributed by atoms with E-state index in [-0.39, 0.29) is 18.2 Å². The maximum Gasteiger partial charge on any atom is 0.246 e. The number of Topliss-reactive ketones (excluding diaryl/α,β-unsaturated/α-hetero) is 1. The van der Waals surface area contributed by atoms with Crippen LogP contribution in [0.15, 0.2) is 30.5 Å². The number of carbonyl (C=O) groups is 5. The van der Waals surface area contributed by atoms with Gasteiger partial charge in [0.25, 0.3) is 0 Å². The van der Waals surface area contributed by atoms with Gasteiger partial charge in [0.2, 0.25) is 33.7 Å². The number of benzene rings is 1. The van der Waals surface area contributed by atoms with Crippen LogP contribution < -0.4 is 16.0 Å². The van der Waals surface area contributed by atoms with E-state index in [0.717, 1.165) is 35.9 Å². The fourth-order valence-electron chi connectivity index (χ4n) is 6.09. The first-order chi connectivity index (χ1) is 22.7. The zero-order chi connectivity index (χ0) is 35.6. The molecule has 4 rings (SSSR count). The number of hydrogen-bond donors (Lipinski definition) is 3. The lowest BCUT2D eigenvalue weighted by Crippen LogP contribution is -2.64. The lowest BCUT2D eigenvalue weighted by atomic mass is 9.93. The average molecular weight is 688 g/mol. The number of nitrogens with one attached hydrogen (secondary N) is 3. The standard InChI is InChI=1S/C27H37N5O6S.C8H16O/c1-5-16(2)23-27(36)31-13-9-8-12-22(31)26(35)28-17(3)24(33)29-20(25(34)30-23)14-18-15-32(39(4,37)38)21-11-7-6-10-19(18)21;1-3-5-6-7-8(9)4-2/h6-7,10-11,15-17,20,22-23H,5,8-9,12-14H2,1-4H3,(H,28,35)(H,29,33)(H,30,34);3-7H2,1-2H3/t16?,17-,20?,22+,23-;/m0./s1. The van der Waals surface area contributed by atoms with Gasteiger partial charge >= 0.3 is 0 Å². The fraction of sp³-hybridized carbons (Fsp3) is 0.629. The highest BCUT2D eigenvalue weighted by molar-refractivity contribution is 7.89. The van der Waals surface area contributed by atoms with Gasteiger partial charge in [-0.1, -0.05) is 65.2 Å². The number of amides is 4. The van der Waals surface area contributed by atoms with Crippen LogP contribution in [0.3, 0.4) is 0 Å². The fourth-order valence-corrected chi connectivity index (χ4v) is 6.92. The van der Waals surface area contributed by atoms with Gasteiger partial charge in [-0.3, -0.25) is 24.0 Å². The number of ketones is 1. The second-order valence-corrected chi connectivity index (χ2v) is 14.8. The molecule has 13 heteroatoms. The van der Waals surface area contributed by atoms with Gasteiger partial charge in [-0.15, -0.1) is 0 Å². The maximum atomic E-state index is 13.8. The quantitative estimate of drug-likeness (QED) is 0.322. The summed E-state index contributed by atoms with van der Waals surface area (Å²) in [5.41, 5.74) is 1.00. The van der Waals surface area contributed by atoms with Crippen LogP contribution in [-0.4, -0.2) is 83.7 Å². The lowest BCUT2D eigenvalue weighted by Gasteiger charge is -2.39. The van der Waals surface area contributed by atoms with E-state index in [0.29, 0.717) is 48.1 Å². The molecule has 0 saturated carbocycles. The molecule has 2 fully saturated rings. The van der Waals surface area contributed by atoms with Crippen molar-refractivity contribution in [2.75, 3.05) is 12.8 Å². The number of para-hydroxylation sites is 1. The van der Waals surface area contributed by atoms with Crippen molar-refractivity contribution in [3.05, 3.63) is 36.0 Å². The van der Waals surface area contributed by atoms with E-state index in [2.05, 4.69) is 22.9 Å². The van der Waals surface area contributed by atoms with Crippen LogP contribution in [0.5, 0.6) is 0 Å². The van der Waals surface area contributed by atoms with Crippen molar-refractivity contribution >= 4 is 50.3 Å². The van der Waals surface area contributed by atoms with E-state index >= 15 is 0 Å². The molecule has 0 bridgehead atoms. The highest BCUT2D eigenvalue weighted by Crippen LogP contribution is 2.25. The Balaban J connectivity index is 0.000000609. The second kappa shape index (κ2) is 17.6. The van der Waals surface area contributed by atoms with Crippen molar-refractivity contribution in [3.63, 3.8) is 0 Å². The summed E-state index contributed by atoms with van der Waals surface area (Å²) in [6.07, 6.45) is 10.2. The normalized spacial score (nSPS) is 23.0. The van der Waals surface area contributed by atoms with Crippen LogP contribution in [0, 0.1) is 5.92 Å². The number of carbonyl (C=O) groups excluding carboxylic acids is 5. The van der Waals surface area contributed by atoms with Gasteiger partial charge in [0.1, 0.15) is 30.0 Å². The van der Waals surface area contributed by atoms with E-state index in [4.69, 9.17) is 0 Å². The maximum absolute atomic E-state index is 13.8. The zero-order valence-electron chi connectivity index (χ0n) is 29.2. The minimum Gasteiger partial charge on any atom is -0.343 e. The Hall–Kier alpha value is -3.74. The van der Waals surface area contributed by atoms with Crippen molar-refractivity contribution in [2.24, 2.45) is 5.92 Å². The predicted molar refractivity (Wildman–Crippen MR) is 186 cm³/mol. The van der Waals surface area contributed by atoms with E-state index in [1.807, 2.05) is 20.8 Å². The molecule has 2 aromatic rings. The topological polar surface area (TPSA) is 164 Å². The Labute approximate surface area is 284 Å². The third-order valence-corrected chi connectivity index (χ3v) is 10.3. The van der Waals surface area contributed by atoms with Gasteiger partial charge in [0.05, 0.1) is 11.8 Å². The SMILES string of the molecule is CCC(C)[C@@H]1NC(=O)C(Cc2cn(S(C)(=O)=O)c3ccccc23)NC(=O)[C@H](C)NC(=O)[C@H]2CCCCN2C1=O.CCCCCC(=O)CC. The Morgan fingerprint density at radius 3 is 2.31 bits per heavy atom. The first-order valence-corrected chi connectivity index (χ1v) is 19.1. The lowest BCUT2D eigenvalue weighted by molar-refractivity contribution is -0.147. The number of hydrogen-bond acceptors (Lipinski definition) is 7. The second-order valence-electron chi connectivity index (χ2n) is 13.0. The van der Waals surface area contributed by atoms with E-state index in [9.17, 15) is 32.4 Å². The van der Waals surface area contributed by atoms with Crippen LogP contribution in [0.2, 0.25) is 0 Å². The van der Waals surface area contributed by atoms with Gasteiger partial charge in [-0.25, -0.2) is 12.4 Å². The number of aromatic nitrogens is 1. The zero-order valence-corrected chi connectivity index (χ0v) is 30.0. The van der Waals surface area contributed by atoms with Gasteiger partial charge in [-0.05, 0) is 50.2 Å². The summed E-state index contributed by atoms with van der Waals surface area (Å²) >= 11 is 0. The largest absolute Gasteiger partial charge is 0.343 e. The Morgan fingerprint density at radius 2 is 1.67 bits per heavy atom. The molecule has 3 heterocycles. The molecule has 266 valence electrons. The van der Waals surface area contributed by atoms with Crippen LogP contribution >= 0.6 is 0 Å². The van der Waals surface area contributed by atoms with Crippen LogP contribution in [0.1, 0.15) is 98.0 Å². The smallest absolute Gasteiger partial charge is 0.246 e. The molecule has 48 heavy (non-hydrogen) atoms. The first kappa shape index (κ1) is 38.7. The summed E-state index contributed by atoms with van der Waals surface area (Å²) in [5, 5.41) is 8.95. The van der Waals surface area contributed by atoms with Gasteiger partial charge < -0.3 is 20.9 Å². The highest BCUT2D eigenvalue weighted by atomic mass is 32.2. The summed E-state index contributed by atoms with van der Waals surface area (Å²) in [6.45, 7) is 9.78. The molecule has 1 aromatic heterocycles. The predicted octanol–water partition coefficient (Wildman–Crippen LogP) is 3.45. The molecule has 0 spiro atoms. The molecule has 2 aliphatic rings. The minimum atomic E-state index is -3.63. The highest BCUT2D eigenvalue weighted by Gasteiger charge is 2.40. The molecule has 12 nitrogen and oxygen atoms in total. The van der Waals surface area contributed by atoms with Crippen molar-refractivity contribution in [3.8, 4) is 0 Å². The number of unbranched alkanes of at least 4 members (excludes halogenated alkanes) is 2. The van der Waals surface area contributed by atoms with Crippen LogP contribution in [-0.2, 0) is 40.4 Å². The molecule has 0 radical (unpaired) electrons. The molecule has 5 atom stereocenters. The van der Waals surface area contributed by atoms with Crippen molar-refractivity contribution in [1.82, 2.24) is 24.8 Å². The van der Waals surface area contributed by atoms with Crippen LogP contribution in [0.4, 0.5) is 0 Å². The molecule has 3 N–H and O–H groups in total. The summed E-state index contributed by atoms with van der Waals surface area (Å²) in [6, 6.07) is 3.25. The average Bonchev–Trinajstić information content (AvgIpc) is 3.45. The van der Waals surface area contributed by atoms with Crippen LogP contribution in [0.25, 0.3) is 10.9 Å². The van der Waals surface area contributed by atoms with Gasteiger partial charge in [-0.2, -0.15) is 0 Å². The molecule has 4 amide bonds.